The maximum atomic E-state index is 11.8. The van der Waals surface area contributed by atoms with Crippen molar-refractivity contribution in [1.82, 2.24) is 0 Å². The number of primary sulfonamides is 1. The molecule has 8 nitrogen and oxygen atoms in total. The van der Waals surface area contributed by atoms with E-state index in [-0.39, 0.29) is 28.4 Å². The van der Waals surface area contributed by atoms with Crippen molar-refractivity contribution in [3.05, 3.63) is 58.1 Å². The van der Waals surface area contributed by atoms with E-state index in [1.807, 2.05) is 45.0 Å². The van der Waals surface area contributed by atoms with Crippen LogP contribution in [0.25, 0.3) is 0 Å². The molecule has 9 heteroatoms. The third-order valence-electron chi connectivity index (χ3n) is 4.05. The van der Waals surface area contributed by atoms with Gasteiger partial charge in [0.15, 0.2) is 0 Å². The fourth-order valence-electron chi connectivity index (χ4n) is 2.71. The summed E-state index contributed by atoms with van der Waals surface area (Å²) in [5, 5.41) is 19.2. The molecule has 2 aromatic carbocycles. The van der Waals surface area contributed by atoms with E-state index in [9.17, 15) is 18.5 Å². The monoisotopic (exact) mass is 407 g/mol. The van der Waals surface area contributed by atoms with Crippen LogP contribution in [0.4, 0.5) is 11.4 Å². The maximum Gasteiger partial charge on any atom is 0.270 e. The van der Waals surface area contributed by atoms with E-state index in [0.29, 0.717) is 0 Å². The van der Waals surface area contributed by atoms with Crippen molar-refractivity contribution in [2.45, 2.75) is 50.7 Å². The summed E-state index contributed by atoms with van der Waals surface area (Å²) in [5.41, 5.74) is 1.05. The van der Waals surface area contributed by atoms with E-state index < -0.39 is 14.9 Å². The van der Waals surface area contributed by atoms with Gasteiger partial charge in [0.05, 0.1) is 16.7 Å². The number of hydrogen-bond acceptors (Lipinski definition) is 6. The molecule has 0 fully saturated rings. The highest BCUT2D eigenvalue weighted by molar-refractivity contribution is 7.89. The fourth-order valence-corrected chi connectivity index (χ4v) is 3.43. The van der Waals surface area contributed by atoms with Crippen LogP contribution in [0.15, 0.2) is 47.4 Å². The molecule has 0 radical (unpaired) electrons. The zero-order chi connectivity index (χ0) is 20.9. The lowest BCUT2D eigenvalue weighted by atomic mass is 10.1. The number of hydrogen-bond donors (Lipinski definition) is 2. The van der Waals surface area contributed by atoms with Crippen LogP contribution in [-0.2, 0) is 16.4 Å². The summed E-state index contributed by atoms with van der Waals surface area (Å²) >= 11 is 0. The largest absolute Gasteiger partial charge is 0.491 e. The lowest BCUT2D eigenvalue weighted by molar-refractivity contribution is -0.385. The Morgan fingerprint density at radius 1 is 1.14 bits per heavy atom. The normalized spacial score (nSPS) is 12.6. The number of nitrogens with one attached hydrogen (secondary N) is 1. The molecule has 0 amide bonds. The second-order valence-electron chi connectivity index (χ2n) is 6.88. The van der Waals surface area contributed by atoms with Crippen LogP contribution in [-0.4, -0.2) is 25.5 Å². The Morgan fingerprint density at radius 3 is 2.32 bits per heavy atom. The summed E-state index contributed by atoms with van der Waals surface area (Å²) in [7, 11) is -4.10. The van der Waals surface area contributed by atoms with E-state index in [1.165, 1.54) is 12.1 Å². The molecular formula is C19H25N3O5S. The van der Waals surface area contributed by atoms with Gasteiger partial charge in [0.25, 0.3) is 5.69 Å². The second kappa shape index (κ2) is 9.03. The van der Waals surface area contributed by atoms with Gasteiger partial charge in [0.2, 0.25) is 10.0 Å². The van der Waals surface area contributed by atoms with Crippen LogP contribution < -0.4 is 15.2 Å². The molecule has 2 aromatic rings. The fraction of sp³-hybridized carbons (Fsp3) is 0.368. The number of sulfonamides is 1. The Kier molecular flexibility index (Phi) is 6.98. The topological polar surface area (TPSA) is 125 Å². The molecule has 152 valence electrons. The minimum Gasteiger partial charge on any atom is -0.491 e. The molecule has 0 saturated carbocycles. The molecule has 0 bridgehead atoms. The van der Waals surface area contributed by atoms with E-state index in [2.05, 4.69) is 5.32 Å². The summed E-state index contributed by atoms with van der Waals surface area (Å²) in [5.74, 6) is 0.814. The van der Waals surface area contributed by atoms with Crippen molar-refractivity contribution in [2.24, 2.45) is 5.14 Å². The number of rotatable bonds is 9. The van der Waals surface area contributed by atoms with Crippen LogP contribution in [0.2, 0.25) is 0 Å². The van der Waals surface area contributed by atoms with Gasteiger partial charge < -0.3 is 10.1 Å². The molecule has 0 aliphatic rings. The van der Waals surface area contributed by atoms with Gasteiger partial charge in [0, 0.05) is 18.2 Å². The lowest BCUT2D eigenvalue weighted by Crippen LogP contribution is -2.20. The molecular weight excluding hydrogens is 382 g/mol. The second-order valence-corrected chi connectivity index (χ2v) is 8.41. The van der Waals surface area contributed by atoms with Crippen molar-refractivity contribution in [3.8, 4) is 5.75 Å². The minimum atomic E-state index is -4.10. The molecule has 0 saturated heterocycles. The average molecular weight is 407 g/mol. The predicted molar refractivity (Wildman–Crippen MR) is 108 cm³/mol. The molecule has 0 aliphatic carbocycles. The van der Waals surface area contributed by atoms with Gasteiger partial charge in [-0.2, -0.15) is 0 Å². The molecule has 2 rings (SSSR count). The Balaban J connectivity index is 2.04. The third kappa shape index (κ3) is 6.21. The molecule has 0 heterocycles. The zero-order valence-corrected chi connectivity index (χ0v) is 16.9. The van der Waals surface area contributed by atoms with Crippen LogP contribution in [0.3, 0.4) is 0 Å². The van der Waals surface area contributed by atoms with Gasteiger partial charge in [-0.25, -0.2) is 13.6 Å². The first-order valence-electron chi connectivity index (χ1n) is 8.89. The standard InChI is InChI=1S/C19H25N3O5S/c1-13(2)27-17-9-6-15(7-10-17)5-4-14(3)21-18-11-8-16(22(23)24)12-19(18)28(20,25)26/h6-14,21H,4-5H2,1-3H3,(H2,20,25,26). The SMILES string of the molecule is CC(CCc1ccc(OC(C)C)cc1)Nc1ccc([N+](=O)[O-])cc1S(N)(=O)=O. The number of anilines is 1. The van der Waals surface area contributed by atoms with Crippen LogP contribution >= 0.6 is 0 Å². The Hall–Kier alpha value is -2.65. The zero-order valence-electron chi connectivity index (χ0n) is 16.1. The number of non-ortho nitro benzene ring substituents is 1. The first kappa shape index (κ1) is 21.6. The highest BCUT2D eigenvalue weighted by Gasteiger charge is 2.20. The summed E-state index contributed by atoms with van der Waals surface area (Å²) < 4.78 is 29.2. The van der Waals surface area contributed by atoms with Gasteiger partial charge in [-0.1, -0.05) is 12.1 Å². The van der Waals surface area contributed by atoms with Gasteiger partial charge in [-0.15, -0.1) is 0 Å². The van der Waals surface area contributed by atoms with Gasteiger partial charge >= 0.3 is 0 Å². The number of nitrogens with zero attached hydrogens (tertiary/aromatic N) is 1. The Bertz CT molecular complexity index is 927. The molecule has 0 aromatic heterocycles. The quantitative estimate of drug-likeness (QED) is 0.484. The van der Waals surface area contributed by atoms with Crippen molar-refractivity contribution in [1.29, 1.82) is 0 Å². The Labute approximate surface area is 164 Å². The molecule has 3 N–H and O–H groups in total. The molecule has 1 atom stereocenters. The highest BCUT2D eigenvalue weighted by atomic mass is 32.2. The van der Waals surface area contributed by atoms with Crippen molar-refractivity contribution in [2.75, 3.05) is 5.32 Å². The highest BCUT2D eigenvalue weighted by Crippen LogP contribution is 2.26. The number of nitro benzene ring substituents is 1. The van der Waals surface area contributed by atoms with Crippen LogP contribution in [0.1, 0.15) is 32.8 Å². The lowest BCUT2D eigenvalue weighted by Gasteiger charge is -2.17. The van der Waals surface area contributed by atoms with Gasteiger partial charge in [-0.3, -0.25) is 10.1 Å². The van der Waals surface area contributed by atoms with Crippen molar-refractivity contribution >= 4 is 21.4 Å². The average Bonchev–Trinajstić information content (AvgIpc) is 2.60. The Morgan fingerprint density at radius 2 is 1.79 bits per heavy atom. The number of nitrogens with two attached hydrogens (primary N) is 1. The van der Waals surface area contributed by atoms with E-state index in [4.69, 9.17) is 9.88 Å². The molecule has 1 unspecified atom stereocenters. The summed E-state index contributed by atoms with van der Waals surface area (Å²) in [6.45, 7) is 5.84. The van der Waals surface area contributed by atoms with Crippen molar-refractivity contribution < 1.29 is 18.1 Å². The van der Waals surface area contributed by atoms with Crippen LogP contribution in [0, 0.1) is 10.1 Å². The molecule has 0 spiro atoms. The van der Waals surface area contributed by atoms with E-state index in [0.717, 1.165) is 30.2 Å². The van der Waals surface area contributed by atoms with E-state index >= 15 is 0 Å². The smallest absolute Gasteiger partial charge is 0.270 e. The number of aryl methyl sites for hydroxylation is 1. The van der Waals surface area contributed by atoms with Gasteiger partial charge in [-0.05, 0) is 57.4 Å². The minimum absolute atomic E-state index is 0.0754. The number of ether oxygens (including phenoxy) is 1. The number of benzene rings is 2. The number of nitro groups is 1. The first-order valence-corrected chi connectivity index (χ1v) is 10.4. The molecule has 0 aliphatic heterocycles. The third-order valence-corrected chi connectivity index (χ3v) is 5.00. The summed E-state index contributed by atoms with van der Waals surface area (Å²) in [6.07, 6.45) is 1.61. The predicted octanol–water partition coefficient (Wildman–Crippen LogP) is 3.46. The summed E-state index contributed by atoms with van der Waals surface area (Å²) in [6, 6.07) is 11.3. The maximum absolute atomic E-state index is 11.8. The van der Waals surface area contributed by atoms with E-state index in [1.54, 1.807) is 0 Å². The molecule has 28 heavy (non-hydrogen) atoms. The van der Waals surface area contributed by atoms with Crippen LogP contribution in [0.5, 0.6) is 5.75 Å². The van der Waals surface area contributed by atoms with Crippen molar-refractivity contribution in [3.63, 3.8) is 0 Å². The van der Waals surface area contributed by atoms with Gasteiger partial charge in [0.1, 0.15) is 10.6 Å². The first-order chi connectivity index (χ1) is 13.1. The summed E-state index contributed by atoms with van der Waals surface area (Å²) in [4.78, 5) is 9.95.